The van der Waals surface area contributed by atoms with Crippen molar-refractivity contribution < 1.29 is 9.90 Å². The minimum atomic E-state index is 0.0231. The molecule has 0 aliphatic heterocycles. The van der Waals surface area contributed by atoms with Crippen molar-refractivity contribution in [3.05, 3.63) is 33.8 Å². The highest BCUT2D eigenvalue weighted by Crippen LogP contribution is 2.25. The molecule has 3 nitrogen and oxygen atoms in total. The van der Waals surface area contributed by atoms with Gasteiger partial charge in [-0.15, -0.1) is 0 Å². The van der Waals surface area contributed by atoms with Gasteiger partial charge in [-0.3, -0.25) is 4.79 Å². The van der Waals surface area contributed by atoms with Crippen LogP contribution >= 0.6 is 15.9 Å². The number of hydrogen-bond acceptors (Lipinski definition) is 2. The van der Waals surface area contributed by atoms with E-state index in [2.05, 4.69) is 15.9 Å². The van der Waals surface area contributed by atoms with Gasteiger partial charge in [-0.05, 0) is 37.5 Å². The molecule has 0 spiro atoms. The maximum Gasteiger partial charge on any atom is 0.254 e. The summed E-state index contributed by atoms with van der Waals surface area (Å²) >= 11 is 3.43. The van der Waals surface area contributed by atoms with Crippen molar-refractivity contribution in [1.29, 1.82) is 0 Å². The number of hydrogen-bond donors (Lipinski definition) is 1. The zero-order chi connectivity index (χ0) is 14.5. The van der Waals surface area contributed by atoms with Crippen molar-refractivity contribution in [3.63, 3.8) is 0 Å². The lowest BCUT2D eigenvalue weighted by atomic mass is 9.93. The summed E-state index contributed by atoms with van der Waals surface area (Å²) in [7, 11) is 0. The Morgan fingerprint density at radius 1 is 1.35 bits per heavy atom. The first-order valence-electron chi connectivity index (χ1n) is 7.31. The Hall–Kier alpha value is -0.870. The number of benzene rings is 1. The van der Waals surface area contributed by atoms with Crippen LogP contribution in [0.25, 0.3) is 0 Å². The van der Waals surface area contributed by atoms with Gasteiger partial charge in [0.1, 0.15) is 0 Å². The van der Waals surface area contributed by atoms with Crippen molar-refractivity contribution in [2.45, 2.75) is 45.1 Å². The fourth-order valence-electron chi connectivity index (χ4n) is 2.93. The van der Waals surface area contributed by atoms with E-state index in [4.69, 9.17) is 0 Å². The maximum absolute atomic E-state index is 12.8. The molecule has 110 valence electrons. The second-order valence-electron chi connectivity index (χ2n) is 5.47. The predicted octanol–water partition coefficient (Wildman–Crippen LogP) is 3.52. The van der Waals surface area contributed by atoms with Crippen LogP contribution < -0.4 is 0 Å². The third-order valence-corrected chi connectivity index (χ3v) is 4.54. The number of carbonyl (C=O) groups is 1. The maximum atomic E-state index is 12.8. The van der Waals surface area contributed by atoms with Crippen molar-refractivity contribution in [1.82, 2.24) is 4.90 Å². The molecule has 1 amide bonds. The highest BCUT2D eigenvalue weighted by atomic mass is 79.9. The molecule has 0 atom stereocenters. The first-order chi connectivity index (χ1) is 9.63. The summed E-state index contributed by atoms with van der Waals surface area (Å²) in [6.45, 7) is 2.41. The Morgan fingerprint density at radius 3 is 2.70 bits per heavy atom. The third kappa shape index (κ3) is 3.61. The molecule has 0 unspecified atom stereocenters. The molecule has 1 fully saturated rings. The molecule has 1 saturated carbocycles. The minimum Gasteiger partial charge on any atom is -0.395 e. The van der Waals surface area contributed by atoms with E-state index in [0.717, 1.165) is 28.4 Å². The molecule has 0 saturated heterocycles. The van der Waals surface area contributed by atoms with E-state index in [1.165, 1.54) is 19.3 Å². The highest BCUT2D eigenvalue weighted by Gasteiger charge is 2.26. The molecule has 1 aromatic carbocycles. The molecule has 1 N–H and O–H groups in total. The molecule has 0 aromatic heterocycles. The summed E-state index contributed by atoms with van der Waals surface area (Å²) in [5, 5.41) is 9.28. The van der Waals surface area contributed by atoms with Crippen molar-refractivity contribution in [2.75, 3.05) is 13.2 Å². The van der Waals surface area contributed by atoms with Gasteiger partial charge in [0.05, 0.1) is 6.61 Å². The fourth-order valence-corrected chi connectivity index (χ4v) is 3.29. The van der Waals surface area contributed by atoms with E-state index in [0.29, 0.717) is 6.54 Å². The van der Waals surface area contributed by atoms with Gasteiger partial charge in [-0.1, -0.05) is 41.3 Å². The Bertz CT molecular complexity index is 470. The molecule has 2 rings (SSSR count). The van der Waals surface area contributed by atoms with Crippen LogP contribution in [0.4, 0.5) is 0 Å². The van der Waals surface area contributed by atoms with E-state index >= 15 is 0 Å². The van der Waals surface area contributed by atoms with Crippen molar-refractivity contribution in [3.8, 4) is 0 Å². The Labute approximate surface area is 129 Å². The van der Waals surface area contributed by atoms with Crippen LogP contribution in [-0.4, -0.2) is 35.1 Å². The standard InChI is InChI=1S/C16H22BrNO2/c1-12-7-8-13(17)11-15(12)16(20)18(9-10-19)14-5-3-2-4-6-14/h7-8,11,14,19H,2-6,9-10H2,1H3. The van der Waals surface area contributed by atoms with Gasteiger partial charge in [-0.2, -0.15) is 0 Å². The lowest BCUT2D eigenvalue weighted by Crippen LogP contribution is -2.43. The summed E-state index contributed by atoms with van der Waals surface area (Å²) < 4.78 is 0.916. The smallest absolute Gasteiger partial charge is 0.254 e. The molecule has 20 heavy (non-hydrogen) atoms. The molecule has 4 heteroatoms. The summed E-state index contributed by atoms with van der Waals surface area (Å²) in [6, 6.07) is 6.06. The zero-order valence-corrected chi connectivity index (χ0v) is 13.5. The number of aliphatic hydroxyl groups is 1. The van der Waals surface area contributed by atoms with E-state index < -0.39 is 0 Å². The quantitative estimate of drug-likeness (QED) is 0.911. The number of halogens is 1. The summed E-state index contributed by atoms with van der Waals surface area (Å²) in [5.74, 6) is 0.0461. The monoisotopic (exact) mass is 339 g/mol. The lowest BCUT2D eigenvalue weighted by Gasteiger charge is -2.34. The second-order valence-corrected chi connectivity index (χ2v) is 6.39. The van der Waals surface area contributed by atoms with Crippen LogP contribution in [0.2, 0.25) is 0 Å². The van der Waals surface area contributed by atoms with E-state index in [1.807, 2.05) is 30.0 Å². The normalized spacial score (nSPS) is 16.1. The van der Waals surface area contributed by atoms with Gasteiger partial charge < -0.3 is 10.0 Å². The zero-order valence-electron chi connectivity index (χ0n) is 11.9. The van der Waals surface area contributed by atoms with Crippen LogP contribution in [0.15, 0.2) is 22.7 Å². The largest absolute Gasteiger partial charge is 0.395 e. The Balaban J connectivity index is 2.23. The Morgan fingerprint density at radius 2 is 2.05 bits per heavy atom. The van der Waals surface area contributed by atoms with Crippen LogP contribution in [0.1, 0.15) is 48.0 Å². The molecule has 0 heterocycles. The van der Waals surface area contributed by atoms with E-state index in [1.54, 1.807) is 0 Å². The van der Waals surface area contributed by atoms with E-state index in [9.17, 15) is 9.90 Å². The third-order valence-electron chi connectivity index (χ3n) is 4.05. The number of aryl methyl sites for hydroxylation is 1. The van der Waals surface area contributed by atoms with Crippen molar-refractivity contribution in [2.24, 2.45) is 0 Å². The topological polar surface area (TPSA) is 40.5 Å². The highest BCUT2D eigenvalue weighted by molar-refractivity contribution is 9.10. The van der Waals surface area contributed by atoms with Gasteiger partial charge in [0.15, 0.2) is 0 Å². The van der Waals surface area contributed by atoms with Crippen molar-refractivity contribution >= 4 is 21.8 Å². The van der Waals surface area contributed by atoms with Gasteiger partial charge in [0, 0.05) is 22.6 Å². The van der Waals surface area contributed by atoms with Crippen LogP contribution in [0, 0.1) is 6.92 Å². The average molecular weight is 340 g/mol. The molecule has 1 aromatic rings. The molecule has 1 aliphatic carbocycles. The first kappa shape index (κ1) is 15.5. The van der Waals surface area contributed by atoms with Crippen LogP contribution in [-0.2, 0) is 0 Å². The fraction of sp³-hybridized carbons (Fsp3) is 0.562. The summed E-state index contributed by atoms with van der Waals surface area (Å²) in [6.07, 6.45) is 5.72. The number of rotatable bonds is 4. The number of nitrogens with zero attached hydrogens (tertiary/aromatic N) is 1. The first-order valence-corrected chi connectivity index (χ1v) is 8.10. The molecule has 1 aliphatic rings. The summed E-state index contributed by atoms with van der Waals surface area (Å²) in [4.78, 5) is 14.7. The van der Waals surface area contributed by atoms with Gasteiger partial charge >= 0.3 is 0 Å². The van der Waals surface area contributed by atoms with Gasteiger partial charge in [0.2, 0.25) is 0 Å². The van der Waals surface area contributed by atoms with Crippen LogP contribution in [0.5, 0.6) is 0 Å². The van der Waals surface area contributed by atoms with Crippen LogP contribution in [0.3, 0.4) is 0 Å². The molecular weight excluding hydrogens is 318 g/mol. The number of aliphatic hydroxyl groups excluding tert-OH is 1. The van der Waals surface area contributed by atoms with Gasteiger partial charge in [0.25, 0.3) is 5.91 Å². The average Bonchev–Trinajstić information content (AvgIpc) is 2.47. The van der Waals surface area contributed by atoms with E-state index in [-0.39, 0.29) is 18.6 Å². The lowest BCUT2D eigenvalue weighted by molar-refractivity contribution is 0.0584. The second kappa shape index (κ2) is 7.23. The molecular formula is C16H22BrNO2. The number of carbonyl (C=O) groups excluding carboxylic acids is 1. The summed E-state index contributed by atoms with van der Waals surface area (Å²) in [5.41, 5.74) is 1.72. The van der Waals surface area contributed by atoms with Gasteiger partial charge in [-0.25, -0.2) is 0 Å². The Kier molecular flexibility index (Phi) is 5.61. The number of amides is 1. The predicted molar refractivity (Wildman–Crippen MR) is 83.9 cm³/mol. The minimum absolute atomic E-state index is 0.0231. The molecule has 0 bridgehead atoms. The molecule has 0 radical (unpaired) electrons. The SMILES string of the molecule is Cc1ccc(Br)cc1C(=O)N(CCO)C1CCCCC1.